The lowest BCUT2D eigenvalue weighted by Crippen LogP contribution is -2.47. The number of benzene rings is 1. The summed E-state index contributed by atoms with van der Waals surface area (Å²) in [6.45, 7) is 7.57. The van der Waals surface area contributed by atoms with E-state index < -0.39 is 17.9 Å². The molecule has 1 N–H and O–H groups in total. The number of nitrogens with one attached hydrogen (secondary N) is 1. The molecule has 5 nitrogen and oxygen atoms in total. The van der Waals surface area contributed by atoms with Gasteiger partial charge in [-0.25, -0.2) is 0 Å². The van der Waals surface area contributed by atoms with Gasteiger partial charge in [-0.1, -0.05) is 32.9 Å². The van der Waals surface area contributed by atoms with Gasteiger partial charge in [-0.3, -0.25) is 4.79 Å². The lowest BCUT2D eigenvalue weighted by atomic mass is 9.82. The Morgan fingerprint density at radius 3 is 2.33 bits per heavy atom. The first-order valence-electron chi connectivity index (χ1n) is 7.00. The Hall–Kier alpha value is -2.04. The molecule has 1 aromatic rings. The van der Waals surface area contributed by atoms with Crippen molar-refractivity contribution in [2.75, 3.05) is 6.61 Å². The molecule has 0 fully saturated rings. The summed E-state index contributed by atoms with van der Waals surface area (Å²) in [4.78, 5) is 22.0. The Bertz CT molecular complexity index is 494. The van der Waals surface area contributed by atoms with Gasteiger partial charge in [-0.15, -0.1) is 0 Å². The van der Waals surface area contributed by atoms with Crippen molar-refractivity contribution in [2.24, 2.45) is 0 Å². The van der Waals surface area contributed by atoms with E-state index in [1.165, 1.54) is 12.5 Å². The van der Waals surface area contributed by atoms with Crippen molar-refractivity contribution in [3.63, 3.8) is 0 Å². The topological polar surface area (TPSA) is 78.5 Å². The van der Waals surface area contributed by atoms with Gasteiger partial charge in [0.1, 0.15) is 5.75 Å². The molecular weight excluding hydrogens is 270 g/mol. The molecule has 1 rings (SSSR count). The van der Waals surface area contributed by atoms with Crippen molar-refractivity contribution in [3.05, 3.63) is 29.8 Å². The fraction of sp³-hybridized carbons (Fsp3) is 0.500. The number of hydrogen-bond acceptors (Lipinski definition) is 4. The van der Waals surface area contributed by atoms with Crippen molar-refractivity contribution in [1.29, 1.82) is 0 Å². The van der Waals surface area contributed by atoms with Crippen LogP contribution in [-0.2, 0) is 15.0 Å². The molecule has 0 aliphatic heterocycles. The van der Waals surface area contributed by atoms with Crippen molar-refractivity contribution in [2.45, 2.75) is 45.6 Å². The summed E-state index contributed by atoms with van der Waals surface area (Å²) in [5, 5.41) is 12.8. The van der Waals surface area contributed by atoms with E-state index in [1.54, 1.807) is 0 Å². The average molecular weight is 292 g/mol. The molecule has 0 saturated carbocycles. The van der Waals surface area contributed by atoms with Crippen LogP contribution in [0.5, 0.6) is 5.75 Å². The van der Waals surface area contributed by atoms with Crippen LogP contribution in [0.3, 0.4) is 0 Å². The maximum atomic E-state index is 11.5. The molecule has 0 spiro atoms. The highest BCUT2D eigenvalue weighted by atomic mass is 16.5. The summed E-state index contributed by atoms with van der Waals surface area (Å²) in [6, 6.07) is 6.53. The summed E-state index contributed by atoms with van der Waals surface area (Å²) in [6.07, 6.45) is 1.02. The van der Waals surface area contributed by atoms with E-state index in [4.69, 9.17) is 4.74 Å². The number of amides is 1. The maximum Gasteiger partial charge on any atom is 0.258 e. The molecule has 0 unspecified atom stereocenters. The second-order valence-electron chi connectivity index (χ2n) is 5.66. The second kappa shape index (κ2) is 7.11. The van der Waals surface area contributed by atoms with Gasteiger partial charge < -0.3 is 20.0 Å². The van der Waals surface area contributed by atoms with Crippen LogP contribution in [0, 0.1) is 0 Å². The quantitative estimate of drug-likeness (QED) is 0.813. The summed E-state index contributed by atoms with van der Waals surface area (Å²) >= 11 is 0. The Labute approximate surface area is 125 Å². The van der Waals surface area contributed by atoms with Crippen molar-refractivity contribution in [1.82, 2.24) is 5.32 Å². The Balaban J connectivity index is 2.53. The predicted octanol–water partition coefficient (Wildman–Crippen LogP) is 1.01. The van der Waals surface area contributed by atoms with Gasteiger partial charge in [0.15, 0.2) is 6.61 Å². The number of carboxylic acids is 1. The molecule has 0 aliphatic carbocycles. The van der Waals surface area contributed by atoms with Gasteiger partial charge in [-0.05, 0) is 36.5 Å². The monoisotopic (exact) mass is 292 g/mol. The predicted molar refractivity (Wildman–Crippen MR) is 77.9 cm³/mol. The molecule has 0 heterocycles. The number of hydrogen-bond donors (Lipinski definition) is 1. The standard InChI is InChI=1S/C16H23NO4/c1-5-16(3,4)12-6-8-13(9-7-12)21-10-14(18)17-11(2)15(19)20/h6-9,11H,5,10H2,1-4H3,(H,17,18)(H,19,20)/p-1/t11-/m1/s1. The highest BCUT2D eigenvalue weighted by Gasteiger charge is 2.17. The van der Waals surface area contributed by atoms with Gasteiger partial charge >= 0.3 is 0 Å². The van der Waals surface area contributed by atoms with Crippen LogP contribution in [0.25, 0.3) is 0 Å². The van der Waals surface area contributed by atoms with E-state index in [9.17, 15) is 14.7 Å². The third kappa shape index (κ3) is 5.10. The van der Waals surface area contributed by atoms with Crippen LogP contribution in [0.2, 0.25) is 0 Å². The van der Waals surface area contributed by atoms with E-state index in [-0.39, 0.29) is 12.0 Å². The van der Waals surface area contributed by atoms with Crippen molar-refractivity contribution < 1.29 is 19.4 Å². The average Bonchev–Trinajstić information content (AvgIpc) is 2.45. The Morgan fingerprint density at radius 2 is 1.86 bits per heavy atom. The van der Waals surface area contributed by atoms with Crippen LogP contribution in [0.1, 0.15) is 39.7 Å². The third-order valence-corrected chi connectivity index (χ3v) is 3.62. The van der Waals surface area contributed by atoms with Crippen molar-refractivity contribution in [3.8, 4) is 5.75 Å². The van der Waals surface area contributed by atoms with Gasteiger partial charge in [0, 0.05) is 0 Å². The lowest BCUT2D eigenvalue weighted by molar-refractivity contribution is -0.307. The van der Waals surface area contributed by atoms with E-state index in [1.807, 2.05) is 24.3 Å². The van der Waals surface area contributed by atoms with E-state index >= 15 is 0 Å². The van der Waals surface area contributed by atoms with Crippen LogP contribution in [0.15, 0.2) is 24.3 Å². The summed E-state index contributed by atoms with van der Waals surface area (Å²) in [5.41, 5.74) is 1.30. The van der Waals surface area contributed by atoms with Gasteiger partial charge in [0.05, 0.1) is 12.0 Å². The largest absolute Gasteiger partial charge is 0.548 e. The lowest BCUT2D eigenvalue weighted by Gasteiger charge is -2.23. The summed E-state index contributed by atoms with van der Waals surface area (Å²) < 4.78 is 5.32. The fourth-order valence-corrected chi connectivity index (χ4v) is 1.70. The molecule has 0 aliphatic rings. The first kappa shape index (κ1) is 17.0. The second-order valence-corrected chi connectivity index (χ2v) is 5.66. The molecule has 0 radical (unpaired) electrons. The van der Waals surface area contributed by atoms with E-state index in [2.05, 4.69) is 26.1 Å². The molecule has 116 valence electrons. The number of carbonyl (C=O) groups excluding carboxylic acids is 2. The minimum Gasteiger partial charge on any atom is -0.548 e. The number of rotatable bonds is 7. The minimum absolute atomic E-state index is 0.0970. The molecule has 1 aromatic carbocycles. The number of carbonyl (C=O) groups is 2. The Morgan fingerprint density at radius 1 is 1.29 bits per heavy atom. The first-order chi connectivity index (χ1) is 9.76. The molecular formula is C16H22NO4-. The van der Waals surface area contributed by atoms with Gasteiger partial charge in [0.25, 0.3) is 5.91 Å². The summed E-state index contributed by atoms with van der Waals surface area (Å²) in [7, 11) is 0. The smallest absolute Gasteiger partial charge is 0.258 e. The highest BCUT2D eigenvalue weighted by Crippen LogP contribution is 2.27. The molecule has 1 amide bonds. The van der Waals surface area contributed by atoms with Crippen LogP contribution < -0.4 is 15.2 Å². The number of ether oxygens (including phenoxy) is 1. The molecule has 0 aromatic heterocycles. The third-order valence-electron chi connectivity index (χ3n) is 3.62. The molecule has 0 bridgehead atoms. The van der Waals surface area contributed by atoms with Gasteiger partial charge in [0.2, 0.25) is 0 Å². The van der Waals surface area contributed by atoms with E-state index in [0.717, 1.165) is 6.42 Å². The fourth-order valence-electron chi connectivity index (χ4n) is 1.70. The van der Waals surface area contributed by atoms with Gasteiger partial charge in [-0.2, -0.15) is 0 Å². The zero-order valence-electron chi connectivity index (χ0n) is 12.9. The molecule has 0 saturated heterocycles. The van der Waals surface area contributed by atoms with Crippen LogP contribution in [0.4, 0.5) is 0 Å². The SMILES string of the molecule is CCC(C)(C)c1ccc(OCC(=O)N[C@H](C)C(=O)[O-])cc1. The zero-order valence-corrected chi connectivity index (χ0v) is 12.9. The number of aliphatic carboxylic acids is 1. The van der Waals surface area contributed by atoms with Crippen LogP contribution >= 0.6 is 0 Å². The summed E-state index contributed by atoms with van der Waals surface area (Å²) in [5.74, 6) is -1.25. The maximum absolute atomic E-state index is 11.5. The molecule has 5 heteroatoms. The molecule has 1 atom stereocenters. The molecule has 21 heavy (non-hydrogen) atoms. The van der Waals surface area contributed by atoms with Crippen LogP contribution in [-0.4, -0.2) is 24.5 Å². The van der Waals surface area contributed by atoms with Crippen molar-refractivity contribution >= 4 is 11.9 Å². The zero-order chi connectivity index (χ0) is 16.0. The first-order valence-corrected chi connectivity index (χ1v) is 7.00. The normalized spacial score (nSPS) is 12.6. The Kier molecular flexibility index (Phi) is 5.76. The highest BCUT2D eigenvalue weighted by molar-refractivity contribution is 5.83. The minimum atomic E-state index is -1.32. The number of carboxylic acid groups (broad SMARTS) is 1. The van der Waals surface area contributed by atoms with E-state index in [0.29, 0.717) is 5.75 Å².